The number of aryl methyl sites for hydroxylation is 1. The molecule has 0 radical (unpaired) electrons. The number of carbonyl (C=O) groups is 1. The normalized spacial score (nSPS) is 14.8. The van der Waals surface area contributed by atoms with Gasteiger partial charge in [0.25, 0.3) is 0 Å². The van der Waals surface area contributed by atoms with Crippen molar-refractivity contribution < 1.29 is 17.6 Å². The smallest absolute Gasteiger partial charge is 0.408 e. The largest absolute Gasteiger partial charge is 0.419 e. The molecule has 33 heavy (non-hydrogen) atoms. The van der Waals surface area contributed by atoms with E-state index in [1.54, 1.807) is 18.3 Å². The molecule has 1 aliphatic rings. The molecule has 0 unspecified atom stereocenters. The number of hydrogen-bond acceptors (Lipinski definition) is 6. The first-order chi connectivity index (χ1) is 15.9. The molecule has 0 saturated carbocycles. The molecule has 0 aliphatic carbocycles. The van der Waals surface area contributed by atoms with E-state index in [1.807, 2.05) is 24.3 Å². The highest BCUT2D eigenvalue weighted by molar-refractivity contribution is 7.89. The van der Waals surface area contributed by atoms with Crippen molar-refractivity contribution >= 4 is 43.6 Å². The molecule has 2 aromatic heterocycles. The van der Waals surface area contributed by atoms with Gasteiger partial charge in [0, 0.05) is 49.4 Å². The Morgan fingerprint density at radius 2 is 1.91 bits per heavy atom. The number of anilines is 1. The van der Waals surface area contributed by atoms with Crippen LogP contribution in [0.5, 0.6) is 0 Å². The molecule has 0 spiro atoms. The van der Waals surface area contributed by atoms with E-state index in [2.05, 4.69) is 10.3 Å². The van der Waals surface area contributed by atoms with Crippen molar-refractivity contribution in [2.24, 2.45) is 0 Å². The number of benzene rings is 2. The zero-order chi connectivity index (χ0) is 23.0. The zero-order valence-corrected chi connectivity index (χ0v) is 18.5. The van der Waals surface area contributed by atoms with Gasteiger partial charge in [-0.15, -0.1) is 0 Å². The molecule has 1 saturated heterocycles. The van der Waals surface area contributed by atoms with E-state index in [-0.39, 0.29) is 29.4 Å². The van der Waals surface area contributed by atoms with Gasteiger partial charge in [0.15, 0.2) is 5.58 Å². The monoisotopic (exact) mass is 466 g/mol. The van der Waals surface area contributed by atoms with Gasteiger partial charge in [0.2, 0.25) is 15.9 Å². The lowest BCUT2D eigenvalue weighted by molar-refractivity contribution is -0.116. The molecule has 170 valence electrons. The number of aromatic nitrogens is 2. The maximum atomic E-state index is 12.8. The molecule has 3 heterocycles. The molecule has 0 atom stereocenters. The second-order valence-electron chi connectivity index (χ2n) is 7.97. The summed E-state index contributed by atoms with van der Waals surface area (Å²) in [5, 5.41) is 3.74. The number of fused-ring (bicyclic) bond motifs is 2. The average molecular weight is 467 g/mol. The van der Waals surface area contributed by atoms with Crippen molar-refractivity contribution in [2.75, 3.05) is 18.4 Å². The van der Waals surface area contributed by atoms with Gasteiger partial charge < -0.3 is 9.73 Å². The lowest BCUT2D eigenvalue weighted by atomic mass is 10.2. The van der Waals surface area contributed by atoms with Crippen LogP contribution in [0.4, 0.5) is 5.69 Å². The quantitative estimate of drug-likeness (QED) is 0.467. The van der Waals surface area contributed by atoms with Gasteiger partial charge >= 0.3 is 5.76 Å². The molecule has 5 rings (SSSR count). The van der Waals surface area contributed by atoms with Crippen LogP contribution in [-0.4, -0.2) is 41.3 Å². The summed E-state index contributed by atoms with van der Waals surface area (Å²) in [6.07, 6.45) is 3.43. The van der Waals surface area contributed by atoms with Gasteiger partial charge in [0.1, 0.15) is 0 Å². The van der Waals surface area contributed by atoms with Gasteiger partial charge in [-0.3, -0.25) is 14.3 Å². The molecule has 1 N–H and O–H groups in total. The summed E-state index contributed by atoms with van der Waals surface area (Å²) in [4.78, 5) is 29.2. The van der Waals surface area contributed by atoms with Crippen molar-refractivity contribution in [2.45, 2.75) is 30.7 Å². The van der Waals surface area contributed by atoms with Crippen molar-refractivity contribution in [1.29, 1.82) is 0 Å². The molecule has 1 aliphatic heterocycles. The Morgan fingerprint density at radius 3 is 2.73 bits per heavy atom. The number of pyridine rings is 1. The first-order valence-corrected chi connectivity index (χ1v) is 12.1. The van der Waals surface area contributed by atoms with Crippen molar-refractivity contribution in [3.8, 4) is 0 Å². The van der Waals surface area contributed by atoms with Crippen molar-refractivity contribution in [1.82, 2.24) is 13.9 Å². The van der Waals surface area contributed by atoms with Crippen molar-refractivity contribution in [3.63, 3.8) is 0 Å². The van der Waals surface area contributed by atoms with Crippen LogP contribution >= 0.6 is 0 Å². The highest BCUT2D eigenvalue weighted by Gasteiger charge is 2.28. The average Bonchev–Trinajstić information content (AvgIpc) is 3.45. The van der Waals surface area contributed by atoms with Gasteiger partial charge in [-0.2, -0.15) is 4.31 Å². The molecular weight excluding hydrogens is 444 g/mol. The summed E-state index contributed by atoms with van der Waals surface area (Å²) < 4.78 is 33.6. The first kappa shape index (κ1) is 21.4. The second-order valence-corrected chi connectivity index (χ2v) is 9.91. The molecular formula is C23H22N4O5S. The Labute approximate surface area is 189 Å². The Kier molecular flexibility index (Phi) is 5.47. The maximum absolute atomic E-state index is 12.8. The summed E-state index contributed by atoms with van der Waals surface area (Å²) in [7, 11) is -3.62. The summed E-state index contributed by atoms with van der Waals surface area (Å²) in [6.45, 7) is 1.09. The van der Waals surface area contributed by atoms with E-state index in [1.165, 1.54) is 21.0 Å². The molecule has 0 bridgehead atoms. The van der Waals surface area contributed by atoms with Crippen molar-refractivity contribution in [3.05, 3.63) is 65.3 Å². The van der Waals surface area contributed by atoms with Gasteiger partial charge in [-0.25, -0.2) is 13.2 Å². The van der Waals surface area contributed by atoms with Gasteiger partial charge in [0.05, 0.1) is 15.9 Å². The van der Waals surface area contributed by atoms with E-state index in [4.69, 9.17) is 4.42 Å². The first-order valence-electron chi connectivity index (χ1n) is 10.7. The van der Waals surface area contributed by atoms with Crippen LogP contribution in [0.15, 0.2) is 68.8 Å². The molecule has 9 nitrogen and oxygen atoms in total. The number of carbonyl (C=O) groups excluding carboxylic acids is 1. The molecule has 4 aromatic rings. The fourth-order valence-corrected chi connectivity index (χ4v) is 5.62. The third-order valence-corrected chi connectivity index (χ3v) is 7.69. The second kappa shape index (κ2) is 8.45. The number of sulfonamides is 1. The Hall–Kier alpha value is -3.50. The summed E-state index contributed by atoms with van der Waals surface area (Å²) in [5.74, 6) is -0.891. The Morgan fingerprint density at radius 1 is 1.09 bits per heavy atom. The predicted octanol–water partition coefficient (Wildman–Crippen LogP) is 2.96. The standard InChI is InChI=1S/C23H22N4O5S/c28-22(25-17-5-7-19-16(14-17)4-3-10-24-19)9-13-27-20-8-6-18(15-21(20)32-23(27)29)33(30,31)26-11-1-2-12-26/h3-8,10,14-15H,1-2,9,11-13H2,(H,25,28). The fourth-order valence-electron chi connectivity index (χ4n) is 4.09. The summed E-state index contributed by atoms with van der Waals surface area (Å²) in [6, 6.07) is 13.6. The lowest BCUT2D eigenvalue weighted by Crippen LogP contribution is -2.27. The number of rotatable bonds is 6. The minimum atomic E-state index is -3.62. The summed E-state index contributed by atoms with van der Waals surface area (Å²) in [5.41, 5.74) is 2.10. The number of nitrogens with zero attached hydrogens (tertiary/aromatic N) is 3. The summed E-state index contributed by atoms with van der Waals surface area (Å²) >= 11 is 0. The fraction of sp³-hybridized carbons (Fsp3) is 0.261. The molecule has 2 aromatic carbocycles. The molecule has 10 heteroatoms. The van der Waals surface area contributed by atoms with E-state index in [9.17, 15) is 18.0 Å². The maximum Gasteiger partial charge on any atom is 0.419 e. The molecule has 1 fully saturated rings. The predicted molar refractivity (Wildman–Crippen MR) is 123 cm³/mol. The molecule has 1 amide bonds. The van der Waals surface area contributed by atoms with E-state index >= 15 is 0 Å². The number of amides is 1. The number of oxazole rings is 1. The van der Waals surface area contributed by atoms with Crippen LogP contribution in [0.3, 0.4) is 0 Å². The number of nitrogens with one attached hydrogen (secondary N) is 1. The van der Waals surface area contributed by atoms with Gasteiger partial charge in [-0.05, 0) is 49.2 Å². The van der Waals surface area contributed by atoms with Crippen LogP contribution in [0, 0.1) is 0 Å². The van der Waals surface area contributed by atoms with Gasteiger partial charge in [-0.1, -0.05) is 6.07 Å². The lowest BCUT2D eigenvalue weighted by Gasteiger charge is -2.15. The third-order valence-electron chi connectivity index (χ3n) is 5.79. The zero-order valence-electron chi connectivity index (χ0n) is 17.7. The van der Waals surface area contributed by atoms with Crippen LogP contribution in [0.25, 0.3) is 22.0 Å². The highest BCUT2D eigenvalue weighted by Crippen LogP contribution is 2.24. The minimum absolute atomic E-state index is 0.0491. The minimum Gasteiger partial charge on any atom is -0.408 e. The third kappa shape index (κ3) is 4.14. The van der Waals surface area contributed by atoms with E-state index in [0.29, 0.717) is 24.3 Å². The van der Waals surface area contributed by atoms with Crippen LogP contribution in [0.2, 0.25) is 0 Å². The topological polar surface area (TPSA) is 115 Å². The Bertz CT molecular complexity index is 1520. The Balaban J connectivity index is 1.31. The SMILES string of the molecule is O=C(CCn1c(=O)oc2cc(S(=O)(=O)N3CCCC3)ccc21)Nc1ccc2ncccc2c1. The van der Waals surface area contributed by atoms with Crippen LogP contribution < -0.4 is 11.1 Å². The number of hydrogen-bond donors (Lipinski definition) is 1. The van der Waals surface area contributed by atoms with E-state index in [0.717, 1.165) is 23.7 Å². The van der Waals surface area contributed by atoms with E-state index < -0.39 is 15.8 Å². The highest BCUT2D eigenvalue weighted by atomic mass is 32.2. The van der Waals surface area contributed by atoms with Crippen LogP contribution in [-0.2, 0) is 21.4 Å². The van der Waals surface area contributed by atoms with Crippen LogP contribution in [0.1, 0.15) is 19.3 Å².